The number of pyridine rings is 1. The molecule has 0 radical (unpaired) electrons. The van der Waals surface area contributed by atoms with Crippen LogP contribution >= 0.6 is 11.8 Å². The fraction of sp³-hybridized carbons (Fsp3) is 0.296. The van der Waals surface area contributed by atoms with Gasteiger partial charge in [0.2, 0.25) is 0 Å². The number of hydrogen-bond acceptors (Lipinski definition) is 7. The predicted molar refractivity (Wildman–Crippen MR) is 138 cm³/mol. The van der Waals surface area contributed by atoms with E-state index in [0.717, 1.165) is 39.5 Å². The maximum Gasteiger partial charge on any atom is 0.251 e. The van der Waals surface area contributed by atoms with Crippen LogP contribution in [0.5, 0.6) is 0 Å². The van der Waals surface area contributed by atoms with Crippen LogP contribution in [0.15, 0.2) is 58.7 Å². The third-order valence-electron chi connectivity index (χ3n) is 6.76. The van der Waals surface area contributed by atoms with Crippen LogP contribution in [0.1, 0.15) is 42.6 Å². The molecule has 0 unspecified atom stereocenters. The Morgan fingerprint density at radius 2 is 1.84 bits per heavy atom. The lowest BCUT2D eigenvalue weighted by Gasteiger charge is -2.33. The van der Waals surface area contributed by atoms with E-state index in [9.17, 15) is 20.4 Å². The number of aromatic nitrogens is 4. The summed E-state index contributed by atoms with van der Waals surface area (Å²) in [7, 11) is 0. The van der Waals surface area contributed by atoms with Crippen molar-refractivity contribution < 1.29 is 9.90 Å². The summed E-state index contributed by atoms with van der Waals surface area (Å²) in [6, 6.07) is 14.0. The molecular weight excluding hydrogens is 486 g/mol. The summed E-state index contributed by atoms with van der Waals surface area (Å²) < 4.78 is 3.73. The van der Waals surface area contributed by atoms with E-state index in [1.54, 1.807) is 21.7 Å². The van der Waals surface area contributed by atoms with E-state index in [2.05, 4.69) is 17.2 Å². The van der Waals surface area contributed by atoms with Gasteiger partial charge >= 0.3 is 0 Å². The molecule has 0 spiro atoms. The van der Waals surface area contributed by atoms with Crippen molar-refractivity contribution in [2.24, 2.45) is 0 Å². The van der Waals surface area contributed by atoms with Crippen LogP contribution in [0, 0.1) is 29.6 Å². The van der Waals surface area contributed by atoms with Crippen LogP contribution in [-0.2, 0) is 4.79 Å². The van der Waals surface area contributed by atoms with Crippen LogP contribution in [0.25, 0.3) is 16.6 Å². The van der Waals surface area contributed by atoms with Gasteiger partial charge < -0.3 is 10.0 Å². The number of aliphatic hydroxyl groups excluding tert-OH is 1. The Kier molecular flexibility index (Phi) is 6.70. The SMILES string of the molecule is Cc1c(-c2cc(Sc3ccccc3C#N)c3c(C#N)cnn3c2)cnn1C1CCN(C(=O)[C@@H](C)O)CC1. The van der Waals surface area contributed by atoms with Crippen molar-refractivity contribution in [3.63, 3.8) is 0 Å². The van der Waals surface area contributed by atoms with Crippen molar-refractivity contribution in [2.45, 2.75) is 48.6 Å². The van der Waals surface area contributed by atoms with E-state index < -0.39 is 6.10 Å². The molecular formula is C27H25N7O2S. The number of likely N-dealkylation sites (tertiary alicyclic amines) is 1. The van der Waals surface area contributed by atoms with Gasteiger partial charge in [-0.3, -0.25) is 9.48 Å². The second kappa shape index (κ2) is 10.1. The molecule has 1 atom stereocenters. The van der Waals surface area contributed by atoms with Gasteiger partial charge in [-0.1, -0.05) is 23.9 Å². The highest BCUT2D eigenvalue weighted by atomic mass is 32.2. The van der Waals surface area contributed by atoms with Gasteiger partial charge in [0.25, 0.3) is 5.91 Å². The molecule has 9 nitrogen and oxygen atoms in total. The Balaban J connectivity index is 1.49. The van der Waals surface area contributed by atoms with Gasteiger partial charge in [0.1, 0.15) is 18.2 Å². The molecule has 1 N–H and O–H groups in total. The molecule has 1 saturated heterocycles. The lowest BCUT2D eigenvalue weighted by Crippen LogP contribution is -2.43. The van der Waals surface area contributed by atoms with Gasteiger partial charge in [-0.2, -0.15) is 20.7 Å². The van der Waals surface area contributed by atoms with E-state index in [-0.39, 0.29) is 11.9 Å². The lowest BCUT2D eigenvalue weighted by molar-refractivity contribution is -0.140. The van der Waals surface area contributed by atoms with Crippen LogP contribution in [0.4, 0.5) is 0 Å². The fourth-order valence-corrected chi connectivity index (χ4v) is 5.92. The van der Waals surface area contributed by atoms with Crippen molar-refractivity contribution in [1.29, 1.82) is 10.5 Å². The normalized spacial score (nSPS) is 14.9. The zero-order valence-electron chi connectivity index (χ0n) is 20.5. The van der Waals surface area contributed by atoms with Gasteiger partial charge in [0.15, 0.2) is 0 Å². The molecule has 1 aromatic carbocycles. The van der Waals surface area contributed by atoms with E-state index in [4.69, 9.17) is 5.10 Å². The maximum absolute atomic E-state index is 12.1. The fourth-order valence-electron chi connectivity index (χ4n) is 4.83. The highest BCUT2D eigenvalue weighted by Crippen LogP contribution is 2.38. The van der Waals surface area contributed by atoms with Crippen molar-refractivity contribution in [1.82, 2.24) is 24.3 Å². The molecule has 10 heteroatoms. The molecule has 0 bridgehead atoms. The van der Waals surface area contributed by atoms with Gasteiger partial charge in [-0.25, -0.2) is 4.52 Å². The number of fused-ring (bicyclic) bond motifs is 1. The van der Waals surface area contributed by atoms with Crippen LogP contribution < -0.4 is 0 Å². The van der Waals surface area contributed by atoms with Crippen molar-refractivity contribution in [3.8, 4) is 23.3 Å². The molecule has 3 aromatic heterocycles. The molecule has 1 amide bonds. The number of carbonyl (C=O) groups is 1. The first-order valence-corrected chi connectivity index (χ1v) is 12.8. The van der Waals surface area contributed by atoms with Gasteiger partial charge in [-0.05, 0) is 44.9 Å². The third-order valence-corrected chi connectivity index (χ3v) is 7.87. The quantitative estimate of drug-likeness (QED) is 0.430. The average Bonchev–Trinajstić information content (AvgIpc) is 3.51. The Morgan fingerprint density at radius 3 is 2.54 bits per heavy atom. The van der Waals surface area contributed by atoms with Crippen molar-refractivity contribution in [2.75, 3.05) is 13.1 Å². The van der Waals surface area contributed by atoms with Crippen LogP contribution in [-0.4, -0.2) is 54.5 Å². The highest BCUT2D eigenvalue weighted by Gasteiger charge is 2.27. The monoisotopic (exact) mass is 511 g/mol. The number of rotatable bonds is 5. The minimum absolute atomic E-state index is 0.154. The van der Waals surface area contributed by atoms with Gasteiger partial charge in [0.05, 0.1) is 35.1 Å². The van der Waals surface area contributed by atoms with E-state index in [1.165, 1.54) is 18.7 Å². The number of benzene rings is 1. The van der Waals surface area contributed by atoms with Crippen molar-refractivity contribution in [3.05, 3.63) is 65.7 Å². The summed E-state index contributed by atoms with van der Waals surface area (Å²) in [5.41, 5.74) is 4.59. The molecule has 0 saturated carbocycles. The van der Waals surface area contributed by atoms with Crippen molar-refractivity contribution >= 4 is 23.2 Å². The Labute approximate surface area is 218 Å². The van der Waals surface area contributed by atoms with Gasteiger partial charge in [0, 0.05) is 45.9 Å². The van der Waals surface area contributed by atoms with E-state index in [1.807, 2.05) is 48.3 Å². The summed E-state index contributed by atoms with van der Waals surface area (Å²) in [6.07, 6.45) is 5.83. The zero-order valence-corrected chi connectivity index (χ0v) is 21.3. The Hall–Kier alpha value is -4.12. The molecule has 5 rings (SSSR count). The molecule has 186 valence electrons. The second-order valence-corrected chi connectivity index (χ2v) is 10.2. The minimum atomic E-state index is -0.986. The average molecular weight is 512 g/mol. The first-order valence-electron chi connectivity index (χ1n) is 12.0. The molecule has 4 heterocycles. The largest absolute Gasteiger partial charge is 0.384 e. The molecule has 1 aliphatic heterocycles. The number of nitrogens with zero attached hydrogens (tertiary/aromatic N) is 7. The lowest BCUT2D eigenvalue weighted by atomic mass is 10.0. The molecule has 1 aliphatic rings. The summed E-state index contributed by atoms with van der Waals surface area (Å²) in [5.74, 6) is -0.233. The Bertz CT molecular complexity index is 1570. The standard InChI is InChI=1S/C27H25N7O2S/c1-17-23(15-31-34(17)22-7-9-32(10-8-22)27(36)18(2)35)20-11-25(26-21(13-29)14-30-33(26)16-20)37-24-6-4-3-5-19(24)12-28/h3-6,11,14-16,18,22,35H,7-10H2,1-2H3/t18-/m1/s1. The summed E-state index contributed by atoms with van der Waals surface area (Å²) in [5, 5.41) is 37.9. The second-order valence-electron chi connectivity index (χ2n) is 9.09. The number of nitriles is 2. The molecule has 37 heavy (non-hydrogen) atoms. The van der Waals surface area contributed by atoms with Crippen LogP contribution in [0.3, 0.4) is 0 Å². The molecule has 0 aliphatic carbocycles. The summed E-state index contributed by atoms with van der Waals surface area (Å²) >= 11 is 1.44. The number of aliphatic hydroxyl groups is 1. The number of carbonyl (C=O) groups excluding carboxylic acids is 1. The Morgan fingerprint density at radius 1 is 1.11 bits per heavy atom. The molecule has 1 fully saturated rings. The topological polar surface area (TPSA) is 123 Å². The first kappa shape index (κ1) is 24.6. The summed E-state index contributed by atoms with van der Waals surface area (Å²) in [6.45, 7) is 4.69. The van der Waals surface area contributed by atoms with E-state index >= 15 is 0 Å². The van der Waals surface area contributed by atoms with E-state index in [0.29, 0.717) is 29.7 Å². The highest BCUT2D eigenvalue weighted by molar-refractivity contribution is 7.99. The van der Waals surface area contributed by atoms with Gasteiger partial charge in [-0.15, -0.1) is 0 Å². The minimum Gasteiger partial charge on any atom is -0.384 e. The summed E-state index contributed by atoms with van der Waals surface area (Å²) in [4.78, 5) is 15.5. The first-order chi connectivity index (χ1) is 17.9. The predicted octanol–water partition coefficient (Wildman–Crippen LogP) is 3.95. The number of hydrogen-bond donors (Lipinski definition) is 1. The van der Waals surface area contributed by atoms with Crippen LogP contribution in [0.2, 0.25) is 0 Å². The third kappa shape index (κ3) is 4.57. The molecule has 4 aromatic rings. The maximum atomic E-state index is 12.1. The zero-order chi connectivity index (χ0) is 26.1. The smallest absolute Gasteiger partial charge is 0.251 e. The number of amides is 1. The number of piperidine rings is 1.